The number of nitrogens with one attached hydrogen (secondary N) is 2. The second-order valence-electron chi connectivity index (χ2n) is 15.4. The van der Waals surface area contributed by atoms with E-state index < -0.39 is 78.6 Å². The number of carbonyl (C=O) groups is 5. The van der Waals surface area contributed by atoms with E-state index in [9.17, 15) is 53.3 Å². The van der Waals surface area contributed by atoms with Gasteiger partial charge in [-0.05, 0) is 87.5 Å². The molecule has 2 unspecified atom stereocenters. The predicted molar refractivity (Wildman–Crippen MR) is 264 cm³/mol. The topological polar surface area (TPSA) is 271 Å². The smallest absolute Gasteiger partial charge is 0.480 e. The van der Waals surface area contributed by atoms with Gasteiger partial charge >= 0.3 is 34.0 Å². The molecule has 0 aromatic rings. The first-order valence-corrected chi connectivity index (χ1v) is 26.1. The van der Waals surface area contributed by atoms with Gasteiger partial charge in [0.1, 0.15) is 19.5 Å². The Labute approximate surface area is 423 Å². The van der Waals surface area contributed by atoms with Crippen LogP contribution in [0, 0.1) is 0 Å². The normalized spacial score (nSPS) is 11.0. The summed E-state index contributed by atoms with van der Waals surface area (Å²) in [6, 6.07) is 0. The maximum absolute atomic E-state index is 12.7. The van der Waals surface area contributed by atoms with Crippen LogP contribution in [0.4, 0.5) is 0 Å². The number of hydrogen-bond acceptors (Lipinski definition) is 14. The Hall–Kier alpha value is -6.14. The van der Waals surface area contributed by atoms with Crippen LogP contribution in [0.25, 0.3) is 0 Å². The van der Waals surface area contributed by atoms with E-state index in [4.69, 9.17) is 13.6 Å². The van der Waals surface area contributed by atoms with Crippen molar-refractivity contribution in [3.63, 3.8) is 0 Å². The molecule has 0 saturated carbocycles. The van der Waals surface area contributed by atoms with E-state index in [1.165, 1.54) is 78.9 Å². The van der Waals surface area contributed by atoms with Gasteiger partial charge in [0, 0.05) is 43.8 Å². The molecule has 6 N–H and O–H groups in total. The average Bonchev–Trinajstić information content (AvgIpc) is 3.32. The quantitative estimate of drug-likeness (QED) is 0.0177. The van der Waals surface area contributed by atoms with Crippen molar-refractivity contribution in [1.29, 1.82) is 0 Å². The number of carboxylic acids is 3. The number of nitrogens with zero attached hydrogens (tertiary/aromatic N) is 3. The summed E-state index contributed by atoms with van der Waals surface area (Å²) in [7, 11) is -7.01. The Kier molecular flexibility index (Phi) is 42.0. The van der Waals surface area contributed by atoms with Crippen molar-refractivity contribution >= 4 is 45.8 Å². The van der Waals surface area contributed by atoms with E-state index in [2.05, 4.69) is 109 Å². The molecule has 0 aromatic heterocycles. The van der Waals surface area contributed by atoms with Crippen LogP contribution in [0.3, 0.4) is 0 Å². The number of phosphoric ester groups is 1. The van der Waals surface area contributed by atoms with Crippen LogP contribution < -0.4 is 10.6 Å². The average molecular weight is 1040 g/mol. The summed E-state index contributed by atoms with van der Waals surface area (Å²) in [5.74, 6) is -5.02. The zero-order valence-electron chi connectivity index (χ0n) is 41.1. The van der Waals surface area contributed by atoms with Gasteiger partial charge in [0.05, 0.1) is 39.3 Å². The highest BCUT2D eigenvalue weighted by molar-refractivity contribution is 7.47. The summed E-state index contributed by atoms with van der Waals surface area (Å²) in [6.07, 6.45) is 17.7. The van der Waals surface area contributed by atoms with E-state index in [1.54, 1.807) is 0 Å². The van der Waals surface area contributed by atoms with Crippen LogP contribution >= 0.6 is 16.1 Å². The second-order valence-corrected chi connectivity index (χ2v) is 17.8. The molecule has 22 heteroatoms. The molecule has 0 rings (SSSR count). The van der Waals surface area contributed by atoms with Gasteiger partial charge in [0.25, 0.3) is 0 Å². The van der Waals surface area contributed by atoms with Crippen LogP contribution in [0.15, 0.2) is 93.1 Å². The third-order valence-corrected chi connectivity index (χ3v) is 11.0. The molecular formula is C50H68N5O15P2+. The summed E-state index contributed by atoms with van der Waals surface area (Å²) in [5.41, 5.74) is 33.4. The van der Waals surface area contributed by atoms with Gasteiger partial charge in [-0.1, -0.05) is 96.1 Å². The molecule has 392 valence electrons. The van der Waals surface area contributed by atoms with E-state index in [-0.39, 0.29) is 59.0 Å². The lowest BCUT2D eigenvalue weighted by Gasteiger charge is -2.28. The molecule has 0 radical (unpaired) electrons. The third-order valence-electron chi connectivity index (χ3n) is 9.36. The van der Waals surface area contributed by atoms with Gasteiger partial charge in [0.2, 0.25) is 11.8 Å². The highest BCUT2D eigenvalue weighted by Gasteiger charge is 2.23. The monoisotopic (exact) mass is 1040 g/mol. The lowest BCUT2D eigenvalue weighted by molar-refractivity contribution is -0.141. The SMILES string of the molecule is C=C=C=C=C=C=C=C=C=C=C=C=C=C=C=COP(=O)(O)OCCNC(=O)CN(CCN(CCN(CC(=O)O)CC(=O)NCCO[P+](=O)OCCCCCCCCCCCCCCCC)CC(=O)O)CC(=O)O. The van der Waals surface area contributed by atoms with Gasteiger partial charge in [-0.2, -0.15) is 0 Å². The van der Waals surface area contributed by atoms with E-state index >= 15 is 0 Å². The molecule has 0 spiro atoms. The minimum Gasteiger partial charge on any atom is -0.480 e. The molecule has 0 aliphatic heterocycles. The van der Waals surface area contributed by atoms with Gasteiger partial charge in [0.15, 0.2) is 0 Å². The Morgan fingerprint density at radius 1 is 0.542 bits per heavy atom. The van der Waals surface area contributed by atoms with E-state index in [0.29, 0.717) is 6.26 Å². The van der Waals surface area contributed by atoms with Crippen LogP contribution in [-0.4, -0.2) is 156 Å². The van der Waals surface area contributed by atoms with Crippen molar-refractivity contribution in [1.82, 2.24) is 25.3 Å². The Bertz CT molecular complexity index is 2320. The highest BCUT2D eigenvalue weighted by atomic mass is 31.2. The molecule has 2 atom stereocenters. The molecule has 20 nitrogen and oxygen atoms in total. The summed E-state index contributed by atoms with van der Waals surface area (Å²) in [5, 5.41) is 33.4. The summed E-state index contributed by atoms with van der Waals surface area (Å²) in [4.78, 5) is 73.8. The highest BCUT2D eigenvalue weighted by Crippen LogP contribution is 2.43. The van der Waals surface area contributed by atoms with Crippen molar-refractivity contribution in [3.8, 4) is 0 Å². The molecular weight excluding hydrogens is 973 g/mol. The largest absolute Gasteiger partial charge is 0.697 e. The van der Waals surface area contributed by atoms with Crippen molar-refractivity contribution in [2.24, 2.45) is 0 Å². The first-order chi connectivity index (χ1) is 34.7. The zero-order valence-corrected chi connectivity index (χ0v) is 42.9. The molecule has 0 heterocycles. The number of rotatable bonds is 42. The Morgan fingerprint density at radius 2 is 0.917 bits per heavy atom. The molecule has 0 aromatic carbocycles. The van der Waals surface area contributed by atoms with Crippen molar-refractivity contribution in [2.75, 3.05) is 91.8 Å². The minimum atomic E-state index is -4.63. The van der Waals surface area contributed by atoms with Gasteiger partial charge in [-0.15, -0.1) is 9.05 Å². The standard InChI is InChI=1S/C50H67N5O15P2/c1-3-5-7-9-11-13-15-17-19-21-23-25-27-29-37-67-71(64)68-39-31-51-46(56)41-54(44-49(60)61)35-33-53(43-48(58)59)34-36-55(45-50(62)63)42-47(57)52-32-40-70-72(65,66)69-38-30-28-26-24-22-20-18-16-14-12-10-8-6-4-2/h38H,2-3,5,7,9,11,13,15,17,19,21,23,25,27,29,31-37,39-45H2,1H3,(H5-,51,52,56,57,58,59,60,61,62,63,65,66)/p+1. The predicted octanol–water partition coefficient (Wildman–Crippen LogP) is 6.00. The lowest BCUT2D eigenvalue weighted by atomic mass is 10.0. The second kappa shape index (κ2) is 46.0. The van der Waals surface area contributed by atoms with Crippen LogP contribution in [0.2, 0.25) is 0 Å². The van der Waals surface area contributed by atoms with E-state index in [0.717, 1.165) is 25.7 Å². The summed E-state index contributed by atoms with van der Waals surface area (Å²) < 4.78 is 44.0. The number of aliphatic carboxylic acids is 3. The number of hydrogen-bond donors (Lipinski definition) is 6. The maximum atomic E-state index is 12.7. The van der Waals surface area contributed by atoms with Crippen LogP contribution in [0.1, 0.15) is 96.8 Å². The minimum absolute atomic E-state index is 0.0313. The fourth-order valence-electron chi connectivity index (χ4n) is 6.04. The zero-order chi connectivity index (χ0) is 53.3. The number of carboxylic acid groups (broad SMARTS) is 3. The van der Waals surface area contributed by atoms with Gasteiger partial charge < -0.3 is 30.5 Å². The molecule has 72 heavy (non-hydrogen) atoms. The number of carbonyl (C=O) groups excluding carboxylic acids is 2. The summed E-state index contributed by atoms with van der Waals surface area (Å²) in [6.45, 7) is 2.05. The maximum Gasteiger partial charge on any atom is 0.697 e. The van der Waals surface area contributed by atoms with Crippen molar-refractivity contribution < 1.29 is 71.4 Å². The van der Waals surface area contributed by atoms with Crippen LogP contribution in [0.5, 0.6) is 0 Å². The molecule has 0 bridgehead atoms. The fourth-order valence-corrected chi connectivity index (χ4v) is 7.20. The number of amides is 2. The molecule has 2 amide bonds. The Morgan fingerprint density at radius 3 is 1.36 bits per heavy atom. The molecule has 0 fully saturated rings. The fraction of sp³-hybridized carbons (Fsp3) is 0.580. The first kappa shape index (κ1) is 65.9. The first-order valence-electron chi connectivity index (χ1n) is 23.5. The van der Waals surface area contributed by atoms with E-state index in [1.807, 2.05) is 0 Å². The third kappa shape index (κ3) is 46.3. The number of unbranched alkanes of at least 4 members (excludes halogenated alkanes) is 13. The Balaban J connectivity index is 4.84. The summed E-state index contributed by atoms with van der Waals surface area (Å²) >= 11 is 0. The van der Waals surface area contributed by atoms with Crippen molar-refractivity contribution in [2.45, 2.75) is 96.8 Å². The van der Waals surface area contributed by atoms with Crippen molar-refractivity contribution in [3.05, 3.63) is 93.1 Å². The molecule has 0 saturated heterocycles. The number of phosphoric acid groups is 1. The lowest BCUT2D eigenvalue weighted by Crippen LogP contribution is -2.47. The molecule has 0 aliphatic rings. The molecule has 0 aliphatic carbocycles. The van der Waals surface area contributed by atoms with Gasteiger partial charge in [-0.3, -0.25) is 48.1 Å². The van der Waals surface area contributed by atoms with Gasteiger partial charge in [-0.25, -0.2) is 4.57 Å². The van der Waals surface area contributed by atoms with Crippen LogP contribution in [-0.2, 0) is 51.2 Å².